The molecule has 1 aliphatic rings. The van der Waals surface area contributed by atoms with E-state index in [9.17, 15) is 9.59 Å². The number of carboxylic acid groups (broad SMARTS) is 1. The zero-order valence-corrected chi connectivity index (χ0v) is 21.5. The van der Waals surface area contributed by atoms with Crippen molar-refractivity contribution >= 4 is 11.9 Å². The van der Waals surface area contributed by atoms with E-state index in [0.29, 0.717) is 52.9 Å². The lowest BCUT2D eigenvalue weighted by molar-refractivity contribution is -0.147. The second-order valence-corrected chi connectivity index (χ2v) is 8.63. The monoisotopic (exact) mass is 531 g/mol. The van der Waals surface area contributed by atoms with E-state index < -0.39 is 18.0 Å². The summed E-state index contributed by atoms with van der Waals surface area (Å²) < 4.78 is 32.3. The number of hydrogen-bond donors (Lipinski definition) is 2. The van der Waals surface area contributed by atoms with Crippen molar-refractivity contribution in [2.24, 2.45) is 5.73 Å². The van der Waals surface area contributed by atoms with Gasteiger partial charge in [-0.3, -0.25) is 9.59 Å². The number of fused-ring (bicyclic) bond motifs is 3. The minimum Gasteiger partial charge on any atom is -0.481 e. The van der Waals surface area contributed by atoms with Gasteiger partial charge in [0.15, 0.2) is 0 Å². The molecule has 0 unspecified atom stereocenters. The van der Waals surface area contributed by atoms with Crippen LogP contribution in [0.25, 0.3) is 11.1 Å². The van der Waals surface area contributed by atoms with Gasteiger partial charge in [0.25, 0.3) is 0 Å². The molecule has 0 aliphatic heterocycles. The van der Waals surface area contributed by atoms with Crippen molar-refractivity contribution in [3.63, 3.8) is 0 Å². The van der Waals surface area contributed by atoms with E-state index in [1.54, 1.807) is 0 Å². The zero-order chi connectivity index (χ0) is 27.0. The van der Waals surface area contributed by atoms with Gasteiger partial charge in [-0.05, 0) is 22.3 Å². The highest BCUT2D eigenvalue weighted by Gasteiger charge is 2.29. The van der Waals surface area contributed by atoms with Gasteiger partial charge in [0.05, 0.1) is 72.5 Å². The molecular formula is C28H37NO9. The van der Waals surface area contributed by atoms with Gasteiger partial charge < -0.3 is 39.3 Å². The summed E-state index contributed by atoms with van der Waals surface area (Å²) in [6.45, 7) is 3.50. The van der Waals surface area contributed by atoms with Gasteiger partial charge in [0, 0.05) is 5.92 Å². The summed E-state index contributed by atoms with van der Waals surface area (Å²) in [5.41, 5.74) is 10.6. The molecule has 208 valence electrons. The standard InChI is InChI=1S/C28H37NO9/c29-26(20-37-18-17-36-16-15-35-14-13-34-12-11-33-10-9-27(30)31)28(32)38-19-25-23-7-3-1-5-21(23)22-6-2-4-8-24(22)25/h1-8,25-26H,9-20,29H2,(H,30,31)/t26-/m1/s1. The van der Waals surface area contributed by atoms with Gasteiger partial charge in [0.2, 0.25) is 0 Å². The van der Waals surface area contributed by atoms with Crippen LogP contribution >= 0.6 is 0 Å². The van der Waals surface area contributed by atoms with Crippen molar-refractivity contribution in [3.05, 3.63) is 59.7 Å². The highest BCUT2D eigenvalue weighted by Crippen LogP contribution is 2.44. The van der Waals surface area contributed by atoms with Gasteiger partial charge in [-0.2, -0.15) is 0 Å². The molecule has 0 fully saturated rings. The number of esters is 1. The quantitative estimate of drug-likeness (QED) is 0.193. The molecule has 3 rings (SSSR count). The molecule has 0 saturated carbocycles. The van der Waals surface area contributed by atoms with Gasteiger partial charge in [-0.25, -0.2) is 0 Å². The average molecular weight is 532 g/mol. The fourth-order valence-corrected chi connectivity index (χ4v) is 4.03. The maximum atomic E-state index is 12.4. The van der Waals surface area contributed by atoms with Crippen molar-refractivity contribution in [3.8, 4) is 11.1 Å². The third-order valence-electron chi connectivity index (χ3n) is 5.90. The van der Waals surface area contributed by atoms with E-state index in [0.717, 1.165) is 11.1 Å². The summed E-state index contributed by atoms with van der Waals surface area (Å²) in [5, 5.41) is 8.49. The summed E-state index contributed by atoms with van der Waals surface area (Å²) in [6.07, 6.45) is -0.0144. The third-order valence-corrected chi connectivity index (χ3v) is 5.90. The summed E-state index contributed by atoms with van der Waals surface area (Å²) in [5.74, 6) is -1.38. The molecular weight excluding hydrogens is 494 g/mol. The van der Waals surface area contributed by atoms with E-state index in [4.69, 9.17) is 39.3 Å². The molecule has 10 nitrogen and oxygen atoms in total. The van der Waals surface area contributed by atoms with E-state index >= 15 is 0 Å². The molecule has 2 aromatic carbocycles. The van der Waals surface area contributed by atoms with Gasteiger partial charge >= 0.3 is 11.9 Å². The Bertz CT molecular complexity index is 954. The number of carbonyl (C=O) groups is 2. The molecule has 0 aromatic heterocycles. The maximum Gasteiger partial charge on any atom is 0.325 e. The van der Waals surface area contributed by atoms with E-state index in [1.807, 2.05) is 24.3 Å². The fourth-order valence-electron chi connectivity index (χ4n) is 4.03. The first-order valence-electron chi connectivity index (χ1n) is 12.8. The molecule has 0 bridgehead atoms. The van der Waals surface area contributed by atoms with Crippen molar-refractivity contribution in [2.45, 2.75) is 18.4 Å². The molecule has 0 heterocycles. The van der Waals surface area contributed by atoms with Gasteiger partial charge in [-0.1, -0.05) is 48.5 Å². The number of rotatable bonds is 20. The summed E-state index contributed by atoms with van der Waals surface area (Å²) in [7, 11) is 0. The number of benzene rings is 2. The zero-order valence-electron chi connectivity index (χ0n) is 21.5. The lowest BCUT2D eigenvalue weighted by Gasteiger charge is -2.16. The smallest absolute Gasteiger partial charge is 0.325 e. The van der Waals surface area contributed by atoms with Crippen molar-refractivity contribution in [1.82, 2.24) is 0 Å². The molecule has 3 N–H and O–H groups in total. The molecule has 0 radical (unpaired) electrons. The Morgan fingerprint density at radius 1 is 0.711 bits per heavy atom. The highest BCUT2D eigenvalue weighted by molar-refractivity contribution is 5.79. The van der Waals surface area contributed by atoms with Gasteiger partial charge in [0.1, 0.15) is 12.6 Å². The van der Waals surface area contributed by atoms with Crippen LogP contribution in [0.15, 0.2) is 48.5 Å². The largest absolute Gasteiger partial charge is 0.481 e. The lowest BCUT2D eigenvalue weighted by Crippen LogP contribution is -2.37. The normalized spacial score (nSPS) is 13.2. The fraction of sp³-hybridized carbons (Fsp3) is 0.500. The molecule has 1 aliphatic carbocycles. The van der Waals surface area contributed by atoms with Crippen LogP contribution in [0.5, 0.6) is 0 Å². The Kier molecular flexibility index (Phi) is 13.2. The lowest BCUT2D eigenvalue weighted by atomic mass is 9.98. The van der Waals surface area contributed by atoms with Crippen LogP contribution in [0.2, 0.25) is 0 Å². The maximum absolute atomic E-state index is 12.4. The molecule has 38 heavy (non-hydrogen) atoms. The Labute approximate surface area is 222 Å². The minimum absolute atomic E-state index is 0.00823. The first kappa shape index (κ1) is 29.7. The van der Waals surface area contributed by atoms with E-state index in [1.165, 1.54) is 11.1 Å². The third kappa shape index (κ3) is 9.79. The average Bonchev–Trinajstić information content (AvgIpc) is 3.24. The van der Waals surface area contributed by atoms with Crippen molar-refractivity contribution in [1.29, 1.82) is 0 Å². The first-order chi connectivity index (χ1) is 18.6. The van der Waals surface area contributed by atoms with Crippen LogP contribution < -0.4 is 5.73 Å². The molecule has 0 spiro atoms. The van der Waals surface area contributed by atoms with Crippen LogP contribution in [0, 0.1) is 0 Å². The SMILES string of the molecule is N[C@H](COCCOCCOCCOCCOCCC(=O)O)C(=O)OCC1c2ccccc2-c2ccccc21. The van der Waals surface area contributed by atoms with Crippen LogP contribution in [0.4, 0.5) is 0 Å². The summed E-state index contributed by atoms with van der Waals surface area (Å²) in [6, 6.07) is 15.5. The number of ether oxygens (including phenoxy) is 6. The molecule has 0 amide bonds. The Morgan fingerprint density at radius 2 is 1.16 bits per heavy atom. The Hall–Kier alpha value is -2.86. The van der Waals surface area contributed by atoms with Crippen LogP contribution in [-0.2, 0) is 38.0 Å². The molecule has 0 saturated heterocycles. The first-order valence-corrected chi connectivity index (χ1v) is 12.8. The number of hydrogen-bond acceptors (Lipinski definition) is 9. The topological polar surface area (TPSA) is 136 Å². The molecule has 1 atom stereocenters. The van der Waals surface area contributed by atoms with E-state index in [2.05, 4.69) is 24.3 Å². The number of carbonyl (C=O) groups excluding carboxylic acids is 1. The number of nitrogens with two attached hydrogens (primary N) is 1. The summed E-state index contributed by atoms with van der Waals surface area (Å²) >= 11 is 0. The van der Waals surface area contributed by atoms with E-state index in [-0.39, 0.29) is 32.2 Å². The van der Waals surface area contributed by atoms with Crippen LogP contribution in [0.1, 0.15) is 23.5 Å². The Balaban J connectivity index is 1.17. The molecule has 10 heteroatoms. The molecule has 2 aromatic rings. The highest BCUT2D eigenvalue weighted by atomic mass is 16.6. The Morgan fingerprint density at radius 3 is 1.66 bits per heavy atom. The predicted molar refractivity (Wildman–Crippen MR) is 139 cm³/mol. The van der Waals surface area contributed by atoms with Crippen molar-refractivity contribution in [2.75, 3.05) is 72.7 Å². The van der Waals surface area contributed by atoms with Crippen molar-refractivity contribution < 1.29 is 43.1 Å². The number of aliphatic carboxylic acids is 1. The number of carboxylic acids is 1. The van der Waals surface area contributed by atoms with Crippen LogP contribution in [-0.4, -0.2) is 95.8 Å². The second-order valence-electron chi connectivity index (χ2n) is 8.63. The summed E-state index contributed by atoms with van der Waals surface area (Å²) in [4.78, 5) is 22.7. The predicted octanol–water partition coefficient (Wildman–Crippen LogP) is 2.23. The minimum atomic E-state index is -0.884. The van der Waals surface area contributed by atoms with Gasteiger partial charge in [-0.15, -0.1) is 0 Å². The van der Waals surface area contributed by atoms with Crippen LogP contribution in [0.3, 0.4) is 0 Å². The second kappa shape index (κ2) is 16.9.